The van der Waals surface area contributed by atoms with Crippen LogP contribution in [-0.4, -0.2) is 21.0 Å². The van der Waals surface area contributed by atoms with E-state index >= 15 is 0 Å². The first-order valence-corrected chi connectivity index (χ1v) is 8.75. The monoisotopic (exact) mass is 297 g/mol. The first kappa shape index (κ1) is 15.3. The third-order valence-corrected chi connectivity index (χ3v) is 4.62. The lowest BCUT2D eigenvalue weighted by Gasteiger charge is -2.32. The maximum atomic E-state index is 11.0. The van der Waals surface area contributed by atoms with Gasteiger partial charge >= 0.3 is 0 Å². The molecule has 2 atom stereocenters. The van der Waals surface area contributed by atoms with Gasteiger partial charge in [0, 0.05) is 11.7 Å². The Balaban J connectivity index is 1.99. The van der Waals surface area contributed by atoms with E-state index in [1.165, 1.54) is 19.3 Å². The fourth-order valence-electron chi connectivity index (χ4n) is 2.82. The molecule has 0 heterocycles. The topological polar surface area (TPSA) is 98.2 Å². The summed E-state index contributed by atoms with van der Waals surface area (Å²) in [5, 5.41) is 8.55. The molecule has 1 aromatic rings. The van der Waals surface area contributed by atoms with Crippen LogP contribution in [0.3, 0.4) is 0 Å². The van der Waals surface area contributed by atoms with Gasteiger partial charge in [0.2, 0.25) is 10.0 Å². The van der Waals surface area contributed by atoms with Gasteiger partial charge in [0.25, 0.3) is 0 Å². The molecule has 1 fully saturated rings. The molecule has 0 bridgehead atoms. The van der Waals surface area contributed by atoms with E-state index in [1.807, 2.05) is 12.1 Å². The molecule has 2 rings (SSSR count). The van der Waals surface area contributed by atoms with Crippen molar-refractivity contribution >= 4 is 15.7 Å². The molecule has 1 aliphatic carbocycles. The standard InChI is InChI=1S/C14H23N3O2S/c15-9-12-3-1-2-4-14(12)17-13-7-5-11(6-8-13)10-20(16,18)19/h5-8,12,14,17H,1-4,9-10,15H2,(H2,16,18,19). The fraction of sp³-hybridized carbons (Fsp3) is 0.571. The second-order valence-electron chi connectivity index (χ2n) is 5.54. The first-order chi connectivity index (χ1) is 9.48. The van der Waals surface area contributed by atoms with Crippen molar-refractivity contribution in [2.24, 2.45) is 16.8 Å². The summed E-state index contributed by atoms with van der Waals surface area (Å²) in [7, 11) is -3.47. The van der Waals surface area contributed by atoms with Gasteiger partial charge in [0.15, 0.2) is 0 Å². The number of nitrogens with one attached hydrogen (secondary N) is 1. The zero-order chi connectivity index (χ0) is 14.6. The summed E-state index contributed by atoms with van der Waals surface area (Å²) in [6.45, 7) is 0.709. The van der Waals surface area contributed by atoms with Crippen LogP contribution in [0.4, 0.5) is 5.69 Å². The van der Waals surface area contributed by atoms with Crippen molar-refractivity contribution in [2.45, 2.75) is 37.5 Å². The van der Waals surface area contributed by atoms with Crippen molar-refractivity contribution in [3.05, 3.63) is 29.8 Å². The number of rotatable bonds is 5. The summed E-state index contributed by atoms with van der Waals surface area (Å²) in [6, 6.07) is 7.82. The molecule has 0 saturated heterocycles. The molecule has 6 heteroatoms. The van der Waals surface area contributed by atoms with Gasteiger partial charge in [-0.2, -0.15) is 0 Å². The number of anilines is 1. The van der Waals surface area contributed by atoms with Crippen LogP contribution in [0.1, 0.15) is 31.2 Å². The van der Waals surface area contributed by atoms with Crippen molar-refractivity contribution < 1.29 is 8.42 Å². The van der Waals surface area contributed by atoms with Crippen LogP contribution < -0.4 is 16.2 Å². The minimum Gasteiger partial charge on any atom is -0.382 e. The molecule has 0 aliphatic heterocycles. The Labute approximate surface area is 120 Å². The zero-order valence-corrected chi connectivity index (χ0v) is 12.4. The van der Waals surface area contributed by atoms with Crippen LogP contribution in [0.2, 0.25) is 0 Å². The van der Waals surface area contributed by atoms with Gasteiger partial charge < -0.3 is 11.1 Å². The number of primary sulfonamides is 1. The second kappa shape index (κ2) is 6.56. The van der Waals surface area contributed by atoms with E-state index in [-0.39, 0.29) is 5.75 Å². The van der Waals surface area contributed by atoms with Gasteiger partial charge in [-0.25, -0.2) is 13.6 Å². The molecule has 1 aliphatic rings. The predicted octanol–water partition coefficient (Wildman–Crippen LogP) is 1.40. The summed E-state index contributed by atoms with van der Waals surface area (Å²) in [5.41, 5.74) is 7.53. The summed E-state index contributed by atoms with van der Waals surface area (Å²) >= 11 is 0. The maximum absolute atomic E-state index is 11.0. The molecule has 1 saturated carbocycles. The largest absolute Gasteiger partial charge is 0.382 e. The first-order valence-electron chi connectivity index (χ1n) is 7.04. The molecule has 0 spiro atoms. The molecule has 0 amide bonds. The molecule has 5 nitrogen and oxygen atoms in total. The van der Waals surface area contributed by atoms with Crippen LogP contribution >= 0.6 is 0 Å². The lowest BCUT2D eigenvalue weighted by Crippen LogP contribution is -2.36. The number of benzene rings is 1. The summed E-state index contributed by atoms with van der Waals surface area (Å²) < 4.78 is 22.1. The van der Waals surface area contributed by atoms with Gasteiger partial charge in [-0.05, 0) is 43.0 Å². The van der Waals surface area contributed by atoms with Crippen molar-refractivity contribution in [1.82, 2.24) is 0 Å². The highest BCUT2D eigenvalue weighted by Gasteiger charge is 2.23. The Morgan fingerprint density at radius 1 is 1.15 bits per heavy atom. The van der Waals surface area contributed by atoms with Gasteiger partial charge in [-0.15, -0.1) is 0 Å². The predicted molar refractivity (Wildman–Crippen MR) is 81.7 cm³/mol. The lowest BCUT2D eigenvalue weighted by molar-refractivity contribution is 0.332. The van der Waals surface area contributed by atoms with Gasteiger partial charge in [0.1, 0.15) is 0 Å². The van der Waals surface area contributed by atoms with Crippen molar-refractivity contribution in [2.75, 3.05) is 11.9 Å². The van der Waals surface area contributed by atoms with Gasteiger partial charge in [-0.1, -0.05) is 25.0 Å². The van der Waals surface area contributed by atoms with Crippen LogP contribution in [0, 0.1) is 5.92 Å². The highest BCUT2D eigenvalue weighted by molar-refractivity contribution is 7.88. The van der Waals surface area contributed by atoms with Crippen molar-refractivity contribution in [3.63, 3.8) is 0 Å². The number of sulfonamides is 1. The molecule has 2 unspecified atom stereocenters. The van der Waals surface area contributed by atoms with E-state index < -0.39 is 10.0 Å². The van der Waals surface area contributed by atoms with Crippen molar-refractivity contribution in [1.29, 1.82) is 0 Å². The highest BCUT2D eigenvalue weighted by atomic mass is 32.2. The Morgan fingerprint density at radius 3 is 2.40 bits per heavy atom. The average Bonchev–Trinajstić information content (AvgIpc) is 2.40. The molecule has 0 radical (unpaired) electrons. The Morgan fingerprint density at radius 2 is 1.80 bits per heavy atom. The van der Waals surface area contributed by atoms with Gasteiger partial charge in [0.05, 0.1) is 5.75 Å². The van der Waals surface area contributed by atoms with E-state index in [0.29, 0.717) is 24.1 Å². The van der Waals surface area contributed by atoms with E-state index in [1.54, 1.807) is 12.1 Å². The Kier molecular flexibility index (Phi) is 5.01. The lowest BCUT2D eigenvalue weighted by atomic mass is 9.84. The minimum atomic E-state index is -3.47. The third-order valence-electron chi connectivity index (χ3n) is 3.89. The highest BCUT2D eigenvalue weighted by Crippen LogP contribution is 2.26. The SMILES string of the molecule is NCC1CCCCC1Nc1ccc(CS(N)(=O)=O)cc1. The summed E-state index contributed by atoms with van der Waals surface area (Å²) in [5.74, 6) is 0.398. The molecule has 20 heavy (non-hydrogen) atoms. The summed E-state index contributed by atoms with van der Waals surface area (Å²) in [6.07, 6.45) is 4.81. The Bertz CT molecular complexity index is 528. The second-order valence-corrected chi connectivity index (χ2v) is 7.15. The van der Waals surface area contributed by atoms with E-state index in [2.05, 4.69) is 5.32 Å². The van der Waals surface area contributed by atoms with Gasteiger partial charge in [-0.3, -0.25) is 0 Å². The fourth-order valence-corrected chi connectivity index (χ4v) is 3.48. The normalized spacial score (nSPS) is 23.5. The molecular formula is C14H23N3O2S. The third kappa shape index (κ3) is 4.47. The molecule has 1 aromatic carbocycles. The van der Waals surface area contributed by atoms with Crippen LogP contribution in [0.15, 0.2) is 24.3 Å². The number of nitrogens with two attached hydrogens (primary N) is 2. The molecule has 0 aromatic heterocycles. The number of hydrogen-bond acceptors (Lipinski definition) is 4. The Hall–Kier alpha value is -1.11. The van der Waals surface area contributed by atoms with E-state index in [0.717, 1.165) is 12.1 Å². The smallest absolute Gasteiger partial charge is 0.213 e. The molecular weight excluding hydrogens is 274 g/mol. The van der Waals surface area contributed by atoms with E-state index in [4.69, 9.17) is 10.9 Å². The zero-order valence-electron chi connectivity index (χ0n) is 11.6. The summed E-state index contributed by atoms with van der Waals surface area (Å²) in [4.78, 5) is 0. The minimum absolute atomic E-state index is 0.123. The average molecular weight is 297 g/mol. The van der Waals surface area contributed by atoms with Crippen molar-refractivity contribution in [3.8, 4) is 0 Å². The van der Waals surface area contributed by atoms with E-state index in [9.17, 15) is 8.42 Å². The maximum Gasteiger partial charge on any atom is 0.213 e. The molecule has 112 valence electrons. The number of hydrogen-bond donors (Lipinski definition) is 3. The van der Waals surface area contributed by atoms with Crippen LogP contribution in [0.5, 0.6) is 0 Å². The van der Waals surface area contributed by atoms with Crippen LogP contribution in [0.25, 0.3) is 0 Å². The quantitative estimate of drug-likeness (QED) is 0.765. The van der Waals surface area contributed by atoms with Crippen LogP contribution in [-0.2, 0) is 15.8 Å². The molecule has 5 N–H and O–H groups in total.